The summed E-state index contributed by atoms with van der Waals surface area (Å²) in [7, 11) is 0. The summed E-state index contributed by atoms with van der Waals surface area (Å²) in [5, 5.41) is 15.3. The highest BCUT2D eigenvalue weighted by atomic mass is 14.2. The maximum Gasteiger partial charge on any atom is -0.00201 e. The molecule has 0 saturated heterocycles. The minimum atomic E-state index is 1.24. The summed E-state index contributed by atoms with van der Waals surface area (Å²) in [6, 6.07) is 67.1. The van der Waals surface area contributed by atoms with E-state index in [2.05, 4.69) is 182 Å². The van der Waals surface area contributed by atoms with Crippen molar-refractivity contribution in [3.8, 4) is 33.4 Å². The van der Waals surface area contributed by atoms with Crippen LogP contribution in [-0.4, -0.2) is 0 Å². The first-order valence-corrected chi connectivity index (χ1v) is 16.7. The second-order valence-electron chi connectivity index (χ2n) is 12.8. The van der Waals surface area contributed by atoms with Gasteiger partial charge >= 0.3 is 0 Å². The quantitative estimate of drug-likeness (QED) is 0.139. The Morgan fingerprint density at radius 3 is 1.23 bits per heavy atom. The van der Waals surface area contributed by atoms with Crippen molar-refractivity contribution in [3.63, 3.8) is 0 Å². The van der Waals surface area contributed by atoms with Crippen molar-refractivity contribution in [3.05, 3.63) is 182 Å². The second kappa shape index (κ2) is 10.7. The Morgan fingerprint density at radius 2 is 0.604 bits per heavy atom. The molecule has 0 aliphatic rings. The van der Waals surface area contributed by atoms with E-state index in [1.54, 1.807) is 0 Å². The fourth-order valence-electron chi connectivity index (χ4n) is 8.09. The van der Waals surface area contributed by atoms with Gasteiger partial charge in [0, 0.05) is 0 Å². The van der Waals surface area contributed by atoms with E-state index in [9.17, 15) is 0 Å². The Balaban J connectivity index is 1.26. The molecule has 0 spiro atoms. The number of fused-ring (bicyclic) bond motifs is 7. The van der Waals surface area contributed by atoms with Crippen molar-refractivity contribution in [2.45, 2.75) is 0 Å². The van der Waals surface area contributed by atoms with Crippen LogP contribution in [0.2, 0.25) is 0 Å². The molecule has 0 unspecified atom stereocenters. The zero-order valence-electron chi connectivity index (χ0n) is 26.3. The van der Waals surface area contributed by atoms with Gasteiger partial charge in [-0.15, -0.1) is 0 Å². The van der Waals surface area contributed by atoms with Gasteiger partial charge in [0.25, 0.3) is 0 Å². The lowest BCUT2D eigenvalue weighted by Crippen LogP contribution is -1.93. The van der Waals surface area contributed by atoms with Crippen LogP contribution in [0.15, 0.2) is 182 Å². The topological polar surface area (TPSA) is 0 Å². The van der Waals surface area contributed by atoms with Gasteiger partial charge in [-0.1, -0.05) is 176 Å². The van der Waals surface area contributed by atoms with Gasteiger partial charge in [0.15, 0.2) is 0 Å². The van der Waals surface area contributed by atoms with E-state index in [0.29, 0.717) is 0 Å². The molecule has 0 nitrogen and oxygen atoms in total. The highest BCUT2D eigenvalue weighted by Gasteiger charge is 2.20. The molecule has 0 aliphatic heterocycles. The normalized spacial score (nSPS) is 11.8. The standard InChI is InChI=1S/C48H30/c1-3-15-35-31(12-1)14-11-23-40(35)47-41-19-7-9-21-43(41)48(44-22-10-8-20-42(44)47)45-29-28-37(38-17-5-6-18-39(38)45)34-27-26-33-25-24-32-13-2-4-16-36(32)46(33)30-34/h1-30H. The van der Waals surface area contributed by atoms with Crippen LogP contribution in [0.3, 0.4) is 0 Å². The van der Waals surface area contributed by atoms with E-state index in [0.717, 1.165) is 0 Å². The van der Waals surface area contributed by atoms with Crippen molar-refractivity contribution in [1.29, 1.82) is 0 Å². The average molecular weight is 607 g/mol. The Labute approximate surface area is 279 Å². The molecule has 0 radical (unpaired) electrons. The van der Waals surface area contributed by atoms with Crippen molar-refractivity contribution >= 4 is 64.6 Å². The summed E-state index contributed by atoms with van der Waals surface area (Å²) < 4.78 is 0. The average Bonchev–Trinajstić information content (AvgIpc) is 3.16. The van der Waals surface area contributed by atoms with Crippen LogP contribution in [0.5, 0.6) is 0 Å². The molecule has 0 bridgehead atoms. The third-order valence-electron chi connectivity index (χ3n) is 10.2. The van der Waals surface area contributed by atoms with Crippen LogP contribution in [0.25, 0.3) is 98.0 Å². The van der Waals surface area contributed by atoms with Gasteiger partial charge in [0.2, 0.25) is 0 Å². The van der Waals surface area contributed by atoms with Crippen LogP contribution in [-0.2, 0) is 0 Å². The van der Waals surface area contributed by atoms with Gasteiger partial charge in [0.05, 0.1) is 0 Å². The predicted molar refractivity (Wildman–Crippen MR) is 208 cm³/mol. The molecule has 0 amide bonds. The fourth-order valence-corrected chi connectivity index (χ4v) is 8.09. The summed E-state index contributed by atoms with van der Waals surface area (Å²) >= 11 is 0. The lowest BCUT2D eigenvalue weighted by atomic mass is 9.83. The molecular weight excluding hydrogens is 577 g/mol. The Hall–Kier alpha value is -6.24. The molecule has 0 aliphatic carbocycles. The fraction of sp³-hybridized carbons (Fsp3) is 0. The molecule has 0 heterocycles. The first-order valence-electron chi connectivity index (χ1n) is 16.7. The van der Waals surface area contributed by atoms with Crippen LogP contribution >= 0.6 is 0 Å². The minimum Gasteiger partial charge on any atom is -0.0616 e. The Morgan fingerprint density at radius 1 is 0.208 bits per heavy atom. The van der Waals surface area contributed by atoms with E-state index in [4.69, 9.17) is 0 Å². The van der Waals surface area contributed by atoms with Crippen molar-refractivity contribution < 1.29 is 0 Å². The molecule has 0 atom stereocenters. The van der Waals surface area contributed by atoms with Crippen LogP contribution < -0.4 is 0 Å². The smallest absolute Gasteiger partial charge is 0.00201 e. The van der Waals surface area contributed by atoms with Gasteiger partial charge in [0.1, 0.15) is 0 Å². The molecule has 0 saturated carbocycles. The number of benzene rings is 10. The highest BCUT2D eigenvalue weighted by molar-refractivity contribution is 6.25. The summed E-state index contributed by atoms with van der Waals surface area (Å²) in [5.74, 6) is 0. The first-order chi connectivity index (χ1) is 23.8. The largest absolute Gasteiger partial charge is 0.0616 e. The number of hydrogen-bond donors (Lipinski definition) is 0. The Kier molecular flexibility index (Phi) is 5.98. The van der Waals surface area contributed by atoms with Crippen molar-refractivity contribution in [2.75, 3.05) is 0 Å². The van der Waals surface area contributed by atoms with E-state index in [1.807, 2.05) is 0 Å². The SMILES string of the molecule is c1ccc2c(-c3c4ccccc4c(-c4ccc(-c5ccc6ccc7ccccc7c6c5)c5ccccc45)c4ccccc34)cccc2c1. The third-order valence-corrected chi connectivity index (χ3v) is 10.2. The second-order valence-corrected chi connectivity index (χ2v) is 12.8. The molecule has 0 aromatic heterocycles. The summed E-state index contributed by atoms with van der Waals surface area (Å²) in [6.45, 7) is 0. The Bertz CT molecular complexity index is 2830. The minimum absolute atomic E-state index is 1.24. The van der Waals surface area contributed by atoms with E-state index in [-0.39, 0.29) is 0 Å². The van der Waals surface area contributed by atoms with Crippen LogP contribution in [0.4, 0.5) is 0 Å². The monoisotopic (exact) mass is 606 g/mol. The van der Waals surface area contributed by atoms with Crippen LogP contribution in [0.1, 0.15) is 0 Å². The zero-order chi connectivity index (χ0) is 31.6. The van der Waals surface area contributed by atoms with E-state index >= 15 is 0 Å². The molecule has 0 heteroatoms. The van der Waals surface area contributed by atoms with Gasteiger partial charge < -0.3 is 0 Å². The highest BCUT2D eigenvalue weighted by Crippen LogP contribution is 2.47. The third kappa shape index (κ3) is 4.03. The molecule has 0 N–H and O–H groups in total. The van der Waals surface area contributed by atoms with E-state index < -0.39 is 0 Å². The molecule has 10 rings (SSSR count). The van der Waals surface area contributed by atoms with Gasteiger partial charge in [-0.05, 0) is 104 Å². The molecule has 10 aromatic carbocycles. The zero-order valence-corrected chi connectivity index (χ0v) is 26.3. The number of rotatable bonds is 3. The molecule has 0 fully saturated rings. The first kappa shape index (κ1) is 26.9. The van der Waals surface area contributed by atoms with Crippen molar-refractivity contribution in [2.24, 2.45) is 0 Å². The van der Waals surface area contributed by atoms with Crippen LogP contribution in [0, 0.1) is 0 Å². The summed E-state index contributed by atoms with van der Waals surface area (Å²) in [6.07, 6.45) is 0. The van der Waals surface area contributed by atoms with E-state index in [1.165, 1.54) is 98.0 Å². The van der Waals surface area contributed by atoms with Gasteiger partial charge in [-0.25, -0.2) is 0 Å². The molecule has 222 valence electrons. The molecular formula is C48H30. The van der Waals surface area contributed by atoms with Gasteiger partial charge in [-0.3, -0.25) is 0 Å². The molecule has 10 aromatic rings. The van der Waals surface area contributed by atoms with Gasteiger partial charge in [-0.2, -0.15) is 0 Å². The summed E-state index contributed by atoms with van der Waals surface area (Å²) in [4.78, 5) is 0. The van der Waals surface area contributed by atoms with Crippen molar-refractivity contribution in [1.82, 2.24) is 0 Å². The maximum atomic E-state index is 2.38. The maximum absolute atomic E-state index is 2.38. The predicted octanol–water partition coefficient (Wildman–Crippen LogP) is 13.6. The lowest BCUT2D eigenvalue weighted by Gasteiger charge is -2.20. The molecule has 48 heavy (non-hydrogen) atoms. The number of hydrogen-bond acceptors (Lipinski definition) is 0. The lowest BCUT2D eigenvalue weighted by molar-refractivity contribution is 1.66. The summed E-state index contributed by atoms with van der Waals surface area (Å²) in [5.41, 5.74) is 7.62.